The van der Waals surface area contributed by atoms with Gasteiger partial charge in [0.05, 0.1) is 12.8 Å². The molecule has 2 aliphatic rings. The highest BCUT2D eigenvalue weighted by molar-refractivity contribution is 5.94. The lowest BCUT2D eigenvalue weighted by molar-refractivity contribution is 0.0764. The molecule has 0 atom stereocenters. The van der Waals surface area contributed by atoms with Gasteiger partial charge < -0.3 is 20.1 Å². The number of carbonyl (C=O) groups excluding carboxylic acids is 2. The molecule has 2 fully saturated rings. The van der Waals surface area contributed by atoms with Crippen molar-refractivity contribution in [3.8, 4) is 11.5 Å². The SMILES string of the molecule is COc1c(CNC(=O)c2cc(C3CC3)nn2C)cccc1OCc1ccc(C(=O)NN2CCNCC2)cc1. The Morgan fingerprint density at radius 2 is 1.84 bits per heavy atom. The quantitative estimate of drug-likeness (QED) is 0.378. The number of hydrogen-bond donors (Lipinski definition) is 3. The molecule has 0 spiro atoms. The summed E-state index contributed by atoms with van der Waals surface area (Å²) in [4.78, 5) is 25.3. The summed E-state index contributed by atoms with van der Waals surface area (Å²) in [6.07, 6.45) is 2.27. The molecule has 1 aliphatic heterocycles. The molecule has 38 heavy (non-hydrogen) atoms. The second-order valence-electron chi connectivity index (χ2n) is 9.65. The van der Waals surface area contributed by atoms with Crippen molar-refractivity contribution >= 4 is 11.8 Å². The number of nitrogens with one attached hydrogen (secondary N) is 3. The van der Waals surface area contributed by atoms with Crippen molar-refractivity contribution in [2.24, 2.45) is 7.05 Å². The maximum atomic E-state index is 12.8. The summed E-state index contributed by atoms with van der Waals surface area (Å²) in [7, 11) is 3.38. The molecule has 1 aromatic heterocycles. The molecule has 2 heterocycles. The fourth-order valence-corrected chi connectivity index (χ4v) is 4.49. The van der Waals surface area contributed by atoms with E-state index in [1.807, 2.05) is 41.4 Å². The van der Waals surface area contributed by atoms with E-state index in [1.54, 1.807) is 31.0 Å². The van der Waals surface area contributed by atoms with Crippen LogP contribution in [0.3, 0.4) is 0 Å². The fraction of sp³-hybridized carbons (Fsp3) is 0.393. The zero-order valence-corrected chi connectivity index (χ0v) is 21.8. The second-order valence-corrected chi connectivity index (χ2v) is 9.65. The van der Waals surface area contributed by atoms with E-state index in [9.17, 15) is 9.59 Å². The van der Waals surface area contributed by atoms with Crippen molar-refractivity contribution in [2.75, 3.05) is 33.3 Å². The van der Waals surface area contributed by atoms with Crippen LogP contribution in [0.25, 0.3) is 0 Å². The Balaban J connectivity index is 1.17. The van der Waals surface area contributed by atoms with Crippen molar-refractivity contribution in [1.29, 1.82) is 0 Å². The molecule has 2 amide bonds. The standard InChI is InChI=1S/C28H34N6O4/c1-33-24(16-23(31-33)20-10-11-20)28(36)30-17-22-4-3-5-25(26(22)37-2)38-18-19-6-8-21(9-7-19)27(35)32-34-14-12-29-13-15-34/h3-9,16,20,29H,10-15,17-18H2,1-2H3,(H,30,36)(H,32,35). The maximum absolute atomic E-state index is 12.8. The number of ether oxygens (including phenoxy) is 2. The molecule has 10 nitrogen and oxygen atoms in total. The fourth-order valence-electron chi connectivity index (χ4n) is 4.49. The topological polar surface area (TPSA) is 110 Å². The van der Waals surface area contributed by atoms with Crippen LogP contribution in [-0.4, -0.2) is 59.9 Å². The molecule has 1 aliphatic carbocycles. The zero-order chi connectivity index (χ0) is 26.5. The van der Waals surface area contributed by atoms with Crippen LogP contribution < -0.4 is 25.5 Å². The van der Waals surface area contributed by atoms with Gasteiger partial charge in [-0.1, -0.05) is 24.3 Å². The summed E-state index contributed by atoms with van der Waals surface area (Å²) in [6, 6.07) is 14.8. The van der Waals surface area contributed by atoms with Crippen LogP contribution in [0.5, 0.6) is 11.5 Å². The molecule has 1 saturated heterocycles. The first-order valence-electron chi connectivity index (χ1n) is 13.0. The predicted octanol–water partition coefficient (Wildman–Crippen LogP) is 2.37. The number of hydrazine groups is 1. The predicted molar refractivity (Wildman–Crippen MR) is 142 cm³/mol. The number of amides is 2. The second kappa shape index (κ2) is 11.7. The lowest BCUT2D eigenvalue weighted by Crippen LogP contribution is -2.52. The lowest BCUT2D eigenvalue weighted by atomic mass is 10.1. The van der Waals surface area contributed by atoms with Gasteiger partial charge in [-0.25, -0.2) is 5.01 Å². The Labute approximate surface area is 222 Å². The van der Waals surface area contributed by atoms with Gasteiger partial charge in [0.1, 0.15) is 12.3 Å². The van der Waals surface area contributed by atoms with Crippen LogP contribution in [-0.2, 0) is 20.2 Å². The van der Waals surface area contributed by atoms with Gasteiger partial charge in [-0.05, 0) is 42.7 Å². The van der Waals surface area contributed by atoms with Crippen LogP contribution >= 0.6 is 0 Å². The average Bonchev–Trinajstić information content (AvgIpc) is 3.72. The molecular formula is C28H34N6O4. The normalized spacial score (nSPS) is 15.6. The summed E-state index contributed by atoms with van der Waals surface area (Å²) < 4.78 is 13.3. The average molecular weight is 519 g/mol. The molecule has 3 aromatic rings. The largest absolute Gasteiger partial charge is 0.493 e. The Kier molecular flexibility index (Phi) is 7.90. The molecule has 3 N–H and O–H groups in total. The number of hydrogen-bond acceptors (Lipinski definition) is 7. The molecule has 200 valence electrons. The van der Waals surface area contributed by atoms with Crippen LogP contribution in [0, 0.1) is 0 Å². The van der Waals surface area contributed by atoms with E-state index < -0.39 is 0 Å². The van der Waals surface area contributed by atoms with Crippen LogP contribution in [0.4, 0.5) is 0 Å². The first kappa shape index (κ1) is 25.7. The Bertz CT molecular complexity index is 1280. The molecule has 0 bridgehead atoms. The van der Waals surface area contributed by atoms with Gasteiger partial charge in [0, 0.05) is 56.8 Å². The summed E-state index contributed by atoms with van der Waals surface area (Å²) in [5.74, 6) is 1.34. The first-order valence-corrected chi connectivity index (χ1v) is 13.0. The summed E-state index contributed by atoms with van der Waals surface area (Å²) in [5.41, 5.74) is 6.81. The molecule has 2 aromatic carbocycles. The zero-order valence-electron chi connectivity index (χ0n) is 21.8. The number of aromatic nitrogens is 2. The molecule has 0 unspecified atom stereocenters. The Morgan fingerprint density at radius 3 is 2.55 bits per heavy atom. The highest BCUT2D eigenvalue weighted by Gasteiger charge is 2.28. The highest BCUT2D eigenvalue weighted by Crippen LogP contribution is 2.39. The number of benzene rings is 2. The van der Waals surface area contributed by atoms with Gasteiger partial charge >= 0.3 is 0 Å². The number of carbonyl (C=O) groups is 2. The third kappa shape index (κ3) is 6.15. The molecule has 5 rings (SSSR count). The minimum absolute atomic E-state index is 0.120. The van der Waals surface area contributed by atoms with Gasteiger partial charge in [-0.2, -0.15) is 5.10 Å². The van der Waals surface area contributed by atoms with Crippen LogP contribution in [0.15, 0.2) is 48.5 Å². The number of aryl methyl sites for hydroxylation is 1. The number of para-hydroxylation sites is 1. The minimum Gasteiger partial charge on any atom is -0.493 e. The summed E-state index contributed by atoms with van der Waals surface area (Å²) in [5, 5.41) is 12.6. The molecule has 0 radical (unpaired) electrons. The van der Waals surface area contributed by atoms with Crippen molar-refractivity contribution in [3.63, 3.8) is 0 Å². The van der Waals surface area contributed by atoms with Gasteiger partial charge in [-0.15, -0.1) is 0 Å². The van der Waals surface area contributed by atoms with Crippen molar-refractivity contribution in [1.82, 2.24) is 30.8 Å². The third-order valence-corrected chi connectivity index (χ3v) is 6.82. The Hall–Kier alpha value is -3.89. The Morgan fingerprint density at radius 1 is 1.08 bits per heavy atom. The number of piperazine rings is 1. The summed E-state index contributed by atoms with van der Waals surface area (Å²) in [6.45, 7) is 3.89. The van der Waals surface area contributed by atoms with Crippen LogP contribution in [0.1, 0.15) is 56.4 Å². The number of methoxy groups -OCH3 is 1. The smallest absolute Gasteiger partial charge is 0.269 e. The van der Waals surface area contributed by atoms with E-state index in [4.69, 9.17) is 9.47 Å². The van der Waals surface area contributed by atoms with Gasteiger partial charge in [-0.3, -0.25) is 19.7 Å². The van der Waals surface area contributed by atoms with E-state index in [0.717, 1.165) is 55.8 Å². The van der Waals surface area contributed by atoms with E-state index in [2.05, 4.69) is 21.2 Å². The van der Waals surface area contributed by atoms with Gasteiger partial charge in [0.2, 0.25) is 0 Å². The molecular weight excluding hydrogens is 484 g/mol. The number of rotatable bonds is 10. The monoisotopic (exact) mass is 518 g/mol. The maximum Gasteiger partial charge on any atom is 0.269 e. The third-order valence-electron chi connectivity index (χ3n) is 6.82. The molecule has 10 heteroatoms. The van der Waals surface area contributed by atoms with E-state index in [0.29, 0.717) is 41.8 Å². The molecule has 1 saturated carbocycles. The first-order chi connectivity index (χ1) is 18.5. The van der Waals surface area contributed by atoms with E-state index >= 15 is 0 Å². The van der Waals surface area contributed by atoms with Crippen molar-refractivity contribution in [2.45, 2.75) is 31.9 Å². The van der Waals surface area contributed by atoms with Gasteiger partial charge in [0.15, 0.2) is 11.5 Å². The van der Waals surface area contributed by atoms with Crippen molar-refractivity contribution < 1.29 is 19.1 Å². The van der Waals surface area contributed by atoms with Crippen molar-refractivity contribution in [3.05, 3.63) is 76.6 Å². The van der Waals surface area contributed by atoms with E-state index in [1.165, 1.54) is 0 Å². The van der Waals surface area contributed by atoms with Gasteiger partial charge in [0.25, 0.3) is 11.8 Å². The highest BCUT2D eigenvalue weighted by atomic mass is 16.5. The minimum atomic E-state index is -0.179. The summed E-state index contributed by atoms with van der Waals surface area (Å²) >= 11 is 0. The lowest BCUT2D eigenvalue weighted by Gasteiger charge is -2.27. The number of nitrogens with zero attached hydrogens (tertiary/aromatic N) is 3. The van der Waals surface area contributed by atoms with E-state index in [-0.39, 0.29) is 11.8 Å². The van der Waals surface area contributed by atoms with Crippen LogP contribution in [0.2, 0.25) is 0 Å².